The number of ether oxygens (including phenoxy) is 1. The number of imide groups is 1. The smallest absolute Gasteiger partial charge is 0.341 e. The van der Waals surface area contributed by atoms with E-state index in [0.717, 1.165) is 16.7 Å². The third-order valence-corrected chi connectivity index (χ3v) is 5.27. The highest BCUT2D eigenvalue weighted by molar-refractivity contribution is 8.18. The van der Waals surface area contributed by atoms with Crippen molar-refractivity contribution in [1.82, 2.24) is 4.90 Å². The molecule has 28 heavy (non-hydrogen) atoms. The molecule has 2 aromatic carbocycles. The zero-order valence-corrected chi connectivity index (χ0v) is 16.6. The van der Waals surface area contributed by atoms with E-state index in [2.05, 4.69) is 0 Å². The summed E-state index contributed by atoms with van der Waals surface area (Å²) in [4.78, 5) is 37.0. The fourth-order valence-electron chi connectivity index (χ4n) is 2.47. The molecule has 2 amide bonds. The molecule has 1 fully saturated rings. The number of carbonyl (C=O) groups is 3. The number of halogens is 2. The molecule has 0 spiro atoms. The summed E-state index contributed by atoms with van der Waals surface area (Å²) in [5, 5.41) is 9.17. The van der Waals surface area contributed by atoms with E-state index in [1.807, 2.05) is 0 Å². The van der Waals surface area contributed by atoms with Gasteiger partial charge in [-0.05, 0) is 41.6 Å². The standard InChI is InChI=1S/C19H13Cl2NO5S/c20-13-6-5-12(14(21)8-13)9-22-18(25)16(28-19(22)26)7-11-3-1-2-4-15(11)27-10-17(23)24/h1-8H,9-10H2,(H,23,24)/b16-7+. The first-order valence-corrected chi connectivity index (χ1v) is 9.55. The Morgan fingerprint density at radius 1 is 1.18 bits per heavy atom. The molecule has 2 aromatic rings. The van der Waals surface area contributed by atoms with E-state index < -0.39 is 23.7 Å². The van der Waals surface area contributed by atoms with Gasteiger partial charge in [0.25, 0.3) is 11.1 Å². The van der Waals surface area contributed by atoms with Crippen LogP contribution in [0.2, 0.25) is 10.0 Å². The van der Waals surface area contributed by atoms with Gasteiger partial charge < -0.3 is 9.84 Å². The number of amides is 2. The third-order valence-electron chi connectivity index (χ3n) is 3.77. The quantitative estimate of drug-likeness (QED) is 0.659. The topological polar surface area (TPSA) is 83.9 Å². The summed E-state index contributed by atoms with van der Waals surface area (Å²) in [6.07, 6.45) is 1.51. The largest absolute Gasteiger partial charge is 0.481 e. The van der Waals surface area contributed by atoms with Crippen LogP contribution in [0.15, 0.2) is 47.4 Å². The monoisotopic (exact) mass is 437 g/mol. The molecule has 0 bridgehead atoms. The second kappa shape index (κ2) is 8.68. The SMILES string of the molecule is O=C(O)COc1ccccc1/C=C1/SC(=O)N(Cc2ccc(Cl)cc2Cl)C1=O. The summed E-state index contributed by atoms with van der Waals surface area (Å²) in [6, 6.07) is 11.5. The van der Waals surface area contributed by atoms with Crippen LogP contribution in [-0.4, -0.2) is 33.7 Å². The highest BCUT2D eigenvalue weighted by Crippen LogP contribution is 2.35. The molecule has 1 aliphatic heterocycles. The number of aliphatic carboxylic acids is 1. The van der Waals surface area contributed by atoms with Gasteiger partial charge in [0.15, 0.2) is 6.61 Å². The van der Waals surface area contributed by atoms with Crippen LogP contribution in [0.5, 0.6) is 5.75 Å². The van der Waals surface area contributed by atoms with Crippen molar-refractivity contribution < 1.29 is 24.2 Å². The van der Waals surface area contributed by atoms with Gasteiger partial charge in [-0.15, -0.1) is 0 Å². The van der Waals surface area contributed by atoms with Crippen molar-refractivity contribution in [3.8, 4) is 5.75 Å². The molecule has 0 unspecified atom stereocenters. The number of carboxylic acids is 1. The normalized spacial score (nSPS) is 15.4. The highest BCUT2D eigenvalue weighted by Gasteiger charge is 2.35. The van der Waals surface area contributed by atoms with Gasteiger partial charge in [0, 0.05) is 15.6 Å². The van der Waals surface area contributed by atoms with E-state index >= 15 is 0 Å². The predicted octanol–water partition coefficient (Wildman–Crippen LogP) is 4.69. The molecule has 0 radical (unpaired) electrons. The molecule has 1 saturated heterocycles. The zero-order valence-electron chi connectivity index (χ0n) is 14.2. The molecule has 0 saturated carbocycles. The summed E-state index contributed by atoms with van der Waals surface area (Å²) in [5.74, 6) is -1.28. The lowest BCUT2D eigenvalue weighted by atomic mass is 10.1. The van der Waals surface area contributed by atoms with Crippen molar-refractivity contribution in [1.29, 1.82) is 0 Å². The second-order valence-corrected chi connectivity index (χ2v) is 7.56. The van der Waals surface area contributed by atoms with E-state index in [1.54, 1.807) is 42.5 Å². The minimum absolute atomic E-state index is 0.0230. The van der Waals surface area contributed by atoms with Crippen LogP contribution in [-0.2, 0) is 16.1 Å². The van der Waals surface area contributed by atoms with E-state index in [9.17, 15) is 14.4 Å². The van der Waals surface area contributed by atoms with Crippen molar-refractivity contribution in [3.63, 3.8) is 0 Å². The minimum Gasteiger partial charge on any atom is -0.481 e. The molecule has 0 atom stereocenters. The van der Waals surface area contributed by atoms with Crippen LogP contribution in [0.1, 0.15) is 11.1 Å². The number of thioether (sulfide) groups is 1. The first kappa shape index (κ1) is 20.3. The molecular weight excluding hydrogens is 425 g/mol. The Labute approximate surface area is 174 Å². The fraction of sp³-hybridized carbons (Fsp3) is 0.105. The molecule has 1 heterocycles. The minimum atomic E-state index is -1.12. The fourth-order valence-corrected chi connectivity index (χ4v) is 3.77. The maximum absolute atomic E-state index is 12.7. The van der Waals surface area contributed by atoms with Gasteiger partial charge in [-0.3, -0.25) is 14.5 Å². The van der Waals surface area contributed by atoms with Crippen molar-refractivity contribution in [2.45, 2.75) is 6.54 Å². The number of hydrogen-bond acceptors (Lipinski definition) is 5. The molecule has 0 aromatic heterocycles. The van der Waals surface area contributed by atoms with Crippen LogP contribution in [0, 0.1) is 0 Å². The number of nitrogens with zero attached hydrogens (tertiary/aromatic N) is 1. The van der Waals surface area contributed by atoms with Crippen LogP contribution in [0.4, 0.5) is 4.79 Å². The Balaban J connectivity index is 1.82. The zero-order chi connectivity index (χ0) is 20.3. The van der Waals surface area contributed by atoms with Crippen molar-refractivity contribution in [2.24, 2.45) is 0 Å². The van der Waals surface area contributed by atoms with Crippen LogP contribution in [0.3, 0.4) is 0 Å². The maximum Gasteiger partial charge on any atom is 0.341 e. The van der Waals surface area contributed by atoms with Gasteiger partial charge in [-0.25, -0.2) is 4.79 Å². The second-order valence-electron chi connectivity index (χ2n) is 5.72. The molecule has 3 rings (SSSR count). The average molecular weight is 438 g/mol. The number of rotatable bonds is 6. The Kier molecular flexibility index (Phi) is 6.28. The first-order valence-electron chi connectivity index (χ1n) is 7.98. The van der Waals surface area contributed by atoms with Crippen molar-refractivity contribution in [2.75, 3.05) is 6.61 Å². The van der Waals surface area contributed by atoms with E-state index in [1.165, 1.54) is 6.08 Å². The molecule has 9 heteroatoms. The van der Waals surface area contributed by atoms with Crippen LogP contribution < -0.4 is 4.74 Å². The highest BCUT2D eigenvalue weighted by atomic mass is 35.5. The lowest BCUT2D eigenvalue weighted by Gasteiger charge is -2.13. The number of carbonyl (C=O) groups excluding carboxylic acids is 2. The van der Waals surface area contributed by atoms with Gasteiger partial charge in [-0.1, -0.05) is 47.5 Å². The van der Waals surface area contributed by atoms with Gasteiger partial charge in [0.1, 0.15) is 5.75 Å². The predicted molar refractivity (Wildman–Crippen MR) is 108 cm³/mol. The van der Waals surface area contributed by atoms with E-state index in [4.69, 9.17) is 33.0 Å². The van der Waals surface area contributed by atoms with Crippen LogP contribution in [0.25, 0.3) is 6.08 Å². The molecule has 1 aliphatic rings. The maximum atomic E-state index is 12.7. The number of benzene rings is 2. The first-order chi connectivity index (χ1) is 13.3. The lowest BCUT2D eigenvalue weighted by Crippen LogP contribution is -2.27. The summed E-state index contributed by atoms with van der Waals surface area (Å²) < 4.78 is 5.23. The molecular formula is C19H13Cl2NO5S. The van der Waals surface area contributed by atoms with E-state index in [-0.39, 0.29) is 11.4 Å². The molecule has 0 aliphatic carbocycles. The molecule has 1 N–H and O–H groups in total. The van der Waals surface area contributed by atoms with Gasteiger partial charge >= 0.3 is 5.97 Å². The number of carboxylic acid groups (broad SMARTS) is 1. The Morgan fingerprint density at radius 2 is 1.93 bits per heavy atom. The Hall–Kier alpha value is -2.48. The lowest BCUT2D eigenvalue weighted by molar-refractivity contribution is -0.139. The van der Waals surface area contributed by atoms with Crippen molar-refractivity contribution in [3.05, 3.63) is 68.5 Å². The molecule has 6 nitrogen and oxygen atoms in total. The van der Waals surface area contributed by atoms with Crippen LogP contribution >= 0.6 is 35.0 Å². The summed E-state index contributed by atoms with van der Waals surface area (Å²) >= 11 is 12.8. The van der Waals surface area contributed by atoms with Gasteiger partial charge in [-0.2, -0.15) is 0 Å². The third kappa shape index (κ3) is 4.67. The van der Waals surface area contributed by atoms with Crippen molar-refractivity contribution >= 4 is 58.2 Å². The Morgan fingerprint density at radius 3 is 2.64 bits per heavy atom. The number of para-hydroxylation sites is 1. The van der Waals surface area contributed by atoms with Gasteiger partial charge in [0.05, 0.1) is 11.4 Å². The summed E-state index contributed by atoms with van der Waals surface area (Å²) in [5.41, 5.74) is 1.10. The summed E-state index contributed by atoms with van der Waals surface area (Å²) in [7, 11) is 0. The average Bonchev–Trinajstić information content (AvgIpc) is 2.90. The number of hydrogen-bond donors (Lipinski definition) is 1. The summed E-state index contributed by atoms with van der Waals surface area (Å²) in [6.45, 7) is -0.490. The van der Waals surface area contributed by atoms with E-state index in [0.29, 0.717) is 26.9 Å². The van der Waals surface area contributed by atoms with Gasteiger partial charge in [0.2, 0.25) is 0 Å². The Bertz CT molecular complexity index is 992. The molecule has 144 valence electrons.